The van der Waals surface area contributed by atoms with Gasteiger partial charge >= 0.3 is 0 Å². The lowest BCUT2D eigenvalue weighted by Gasteiger charge is -2.10. The van der Waals surface area contributed by atoms with Crippen molar-refractivity contribution in [2.45, 2.75) is 44.3 Å². The van der Waals surface area contributed by atoms with Crippen LogP contribution in [-0.2, 0) is 11.3 Å². The predicted octanol–water partition coefficient (Wildman–Crippen LogP) is 3.98. The first-order valence-corrected chi connectivity index (χ1v) is 11.5. The van der Waals surface area contributed by atoms with Gasteiger partial charge in [-0.1, -0.05) is 37.7 Å². The summed E-state index contributed by atoms with van der Waals surface area (Å²) in [6, 6.07) is 12.1. The van der Waals surface area contributed by atoms with Crippen LogP contribution in [0.5, 0.6) is 5.88 Å². The number of benzene rings is 1. The molecular formula is C23H27N5O2S. The molecule has 0 radical (unpaired) electrons. The van der Waals surface area contributed by atoms with Crippen molar-refractivity contribution in [1.82, 2.24) is 25.1 Å². The van der Waals surface area contributed by atoms with Gasteiger partial charge in [-0.05, 0) is 54.0 Å². The Kier molecular flexibility index (Phi) is 6.86. The maximum Gasteiger partial charge on any atom is 0.230 e. The smallest absolute Gasteiger partial charge is 0.230 e. The van der Waals surface area contributed by atoms with Crippen LogP contribution < -0.4 is 10.1 Å². The first kappa shape index (κ1) is 21.4. The van der Waals surface area contributed by atoms with Gasteiger partial charge in [0.25, 0.3) is 0 Å². The normalized spacial score (nSPS) is 13.4. The van der Waals surface area contributed by atoms with Crippen LogP contribution in [-0.4, -0.2) is 38.0 Å². The van der Waals surface area contributed by atoms with E-state index < -0.39 is 0 Å². The van der Waals surface area contributed by atoms with Gasteiger partial charge in [0.1, 0.15) is 6.33 Å². The summed E-state index contributed by atoms with van der Waals surface area (Å²) in [5.74, 6) is 1.97. The third-order valence-corrected chi connectivity index (χ3v) is 6.08. The lowest BCUT2D eigenvalue weighted by molar-refractivity contribution is -0.118. The molecular weight excluding hydrogens is 410 g/mol. The van der Waals surface area contributed by atoms with Crippen LogP contribution in [0.2, 0.25) is 0 Å². The van der Waals surface area contributed by atoms with Crippen molar-refractivity contribution in [2.24, 2.45) is 5.92 Å². The van der Waals surface area contributed by atoms with Gasteiger partial charge < -0.3 is 10.1 Å². The molecule has 0 unspecified atom stereocenters. The van der Waals surface area contributed by atoms with E-state index in [0.717, 1.165) is 17.9 Å². The third-order valence-electron chi connectivity index (χ3n) is 5.14. The SMILES string of the molecule is CC(C)c1ccc(-n2cnnc2SCC(=O)NCc2ccnc(OCC3CC3)c2)cc1. The second-order valence-electron chi connectivity index (χ2n) is 8.05. The van der Waals surface area contributed by atoms with Crippen molar-refractivity contribution < 1.29 is 9.53 Å². The Hall–Kier alpha value is -2.87. The van der Waals surface area contributed by atoms with Gasteiger partial charge in [0.05, 0.1) is 12.4 Å². The Morgan fingerprint density at radius 2 is 2.06 bits per heavy atom. The highest BCUT2D eigenvalue weighted by molar-refractivity contribution is 7.99. The number of carbonyl (C=O) groups is 1. The summed E-state index contributed by atoms with van der Waals surface area (Å²) < 4.78 is 7.60. The van der Waals surface area contributed by atoms with E-state index in [9.17, 15) is 4.79 Å². The molecule has 162 valence electrons. The molecule has 1 aliphatic rings. The lowest BCUT2D eigenvalue weighted by Crippen LogP contribution is -2.24. The number of nitrogens with zero attached hydrogens (tertiary/aromatic N) is 4. The van der Waals surface area contributed by atoms with Crippen LogP contribution in [0, 0.1) is 5.92 Å². The zero-order valence-electron chi connectivity index (χ0n) is 17.8. The van der Waals surface area contributed by atoms with Gasteiger partial charge in [-0.3, -0.25) is 9.36 Å². The van der Waals surface area contributed by atoms with Gasteiger partial charge in [0.2, 0.25) is 11.8 Å². The minimum absolute atomic E-state index is 0.0630. The first-order chi connectivity index (χ1) is 15.1. The monoisotopic (exact) mass is 437 g/mol. The molecule has 1 fully saturated rings. The summed E-state index contributed by atoms with van der Waals surface area (Å²) in [5, 5.41) is 11.8. The predicted molar refractivity (Wildman–Crippen MR) is 120 cm³/mol. The van der Waals surface area contributed by atoms with E-state index in [2.05, 4.69) is 58.6 Å². The molecule has 0 saturated heterocycles. The standard InChI is InChI=1S/C23H27N5O2S/c1-16(2)19-5-7-20(8-6-19)28-15-26-27-23(28)31-14-21(29)25-12-18-9-10-24-22(11-18)30-13-17-3-4-17/h5-11,15-17H,3-4,12-14H2,1-2H3,(H,25,29). The summed E-state index contributed by atoms with van der Waals surface area (Å²) in [5.41, 5.74) is 3.22. The summed E-state index contributed by atoms with van der Waals surface area (Å²) in [7, 11) is 0. The van der Waals surface area contributed by atoms with Crippen molar-refractivity contribution in [3.8, 4) is 11.6 Å². The summed E-state index contributed by atoms with van der Waals surface area (Å²) in [6.45, 7) is 5.49. The van der Waals surface area contributed by atoms with E-state index in [4.69, 9.17) is 4.74 Å². The minimum Gasteiger partial charge on any atom is -0.477 e. The molecule has 1 aliphatic carbocycles. The van der Waals surface area contributed by atoms with E-state index in [1.807, 2.05) is 16.7 Å². The lowest BCUT2D eigenvalue weighted by atomic mass is 10.0. The van der Waals surface area contributed by atoms with Crippen LogP contribution in [0.4, 0.5) is 0 Å². The Balaban J connectivity index is 1.27. The number of ether oxygens (including phenoxy) is 1. The van der Waals surface area contributed by atoms with E-state index in [-0.39, 0.29) is 11.7 Å². The maximum absolute atomic E-state index is 12.4. The molecule has 3 aromatic rings. The van der Waals surface area contributed by atoms with Gasteiger partial charge in [-0.15, -0.1) is 10.2 Å². The van der Waals surface area contributed by atoms with Crippen molar-refractivity contribution in [2.75, 3.05) is 12.4 Å². The number of nitrogens with one attached hydrogen (secondary N) is 1. The molecule has 1 N–H and O–H groups in total. The Morgan fingerprint density at radius 3 is 2.81 bits per heavy atom. The molecule has 1 aromatic carbocycles. The van der Waals surface area contributed by atoms with Crippen LogP contribution in [0.3, 0.4) is 0 Å². The number of amides is 1. The molecule has 7 nitrogen and oxygen atoms in total. The number of thioether (sulfide) groups is 1. The number of hydrogen-bond donors (Lipinski definition) is 1. The molecule has 0 atom stereocenters. The average Bonchev–Trinajstić information content (AvgIpc) is 3.50. The number of hydrogen-bond acceptors (Lipinski definition) is 6. The Bertz CT molecular complexity index is 1010. The van der Waals surface area contributed by atoms with Gasteiger partial charge in [-0.2, -0.15) is 0 Å². The van der Waals surface area contributed by atoms with E-state index in [0.29, 0.717) is 29.4 Å². The second-order valence-corrected chi connectivity index (χ2v) is 8.99. The molecule has 2 heterocycles. The van der Waals surface area contributed by atoms with Crippen molar-refractivity contribution in [3.63, 3.8) is 0 Å². The highest BCUT2D eigenvalue weighted by Gasteiger charge is 2.22. The van der Waals surface area contributed by atoms with Gasteiger partial charge in [0, 0.05) is 24.5 Å². The fourth-order valence-electron chi connectivity index (χ4n) is 3.03. The van der Waals surface area contributed by atoms with Crippen LogP contribution in [0.25, 0.3) is 5.69 Å². The van der Waals surface area contributed by atoms with E-state index in [1.54, 1.807) is 12.5 Å². The molecule has 0 bridgehead atoms. The van der Waals surface area contributed by atoms with E-state index >= 15 is 0 Å². The Morgan fingerprint density at radius 1 is 1.26 bits per heavy atom. The van der Waals surface area contributed by atoms with Crippen LogP contribution >= 0.6 is 11.8 Å². The zero-order chi connectivity index (χ0) is 21.6. The maximum atomic E-state index is 12.4. The molecule has 1 saturated carbocycles. The van der Waals surface area contributed by atoms with Crippen molar-refractivity contribution >= 4 is 17.7 Å². The fraction of sp³-hybridized carbons (Fsp3) is 0.391. The average molecular weight is 438 g/mol. The molecule has 0 aliphatic heterocycles. The van der Waals surface area contributed by atoms with Crippen LogP contribution in [0.1, 0.15) is 43.7 Å². The third kappa shape index (κ3) is 6.07. The van der Waals surface area contributed by atoms with Gasteiger partial charge in [0.15, 0.2) is 5.16 Å². The summed E-state index contributed by atoms with van der Waals surface area (Å²) in [4.78, 5) is 16.6. The number of aromatic nitrogens is 4. The number of carbonyl (C=O) groups excluding carboxylic acids is 1. The molecule has 8 heteroatoms. The molecule has 4 rings (SSSR count). The number of rotatable bonds is 10. The fourth-order valence-corrected chi connectivity index (χ4v) is 3.79. The highest BCUT2D eigenvalue weighted by Crippen LogP contribution is 2.29. The van der Waals surface area contributed by atoms with Crippen LogP contribution in [0.15, 0.2) is 54.1 Å². The quantitative estimate of drug-likeness (QED) is 0.483. The molecule has 0 spiro atoms. The summed E-state index contributed by atoms with van der Waals surface area (Å²) in [6.07, 6.45) is 5.87. The minimum atomic E-state index is -0.0630. The first-order valence-electron chi connectivity index (χ1n) is 10.6. The van der Waals surface area contributed by atoms with Gasteiger partial charge in [-0.25, -0.2) is 4.98 Å². The van der Waals surface area contributed by atoms with E-state index in [1.165, 1.54) is 30.2 Å². The van der Waals surface area contributed by atoms with Crippen molar-refractivity contribution in [1.29, 1.82) is 0 Å². The topological polar surface area (TPSA) is 81.9 Å². The highest BCUT2D eigenvalue weighted by atomic mass is 32.2. The molecule has 2 aromatic heterocycles. The number of pyridine rings is 1. The Labute approximate surface area is 186 Å². The summed E-state index contributed by atoms with van der Waals surface area (Å²) >= 11 is 1.36. The second kappa shape index (κ2) is 9.96. The van der Waals surface area contributed by atoms with Crippen molar-refractivity contribution in [3.05, 3.63) is 60.0 Å². The molecule has 1 amide bonds. The molecule has 31 heavy (non-hydrogen) atoms. The zero-order valence-corrected chi connectivity index (χ0v) is 18.6. The largest absolute Gasteiger partial charge is 0.477 e.